The molecule has 1 aliphatic carbocycles. The van der Waals surface area contributed by atoms with Crippen LogP contribution in [0.2, 0.25) is 0 Å². The second-order valence-electron chi connectivity index (χ2n) is 4.24. The summed E-state index contributed by atoms with van der Waals surface area (Å²) < 4.78 is 5.63. The molecule has 15 heavy (non-hydrogen) atoms. The molecule has 0 amide bonds. The van der Waals surface area contributed by atoms with Gasteiger partial charge in [-0.3, -0.25) is 0 Å². The first-order chi connectivity index (χ1) is 7.43. The standard InChI is InChI=1S/C14H24O/c1-2-3-4-5-6-7-10-13-15-14-11-8-9-12-14/h8-9,11H,2-7,10,12-13H2,1H3. The molecular weight excluding hydrogens is 184 g/mol. The fourth-order valence-corrected chi connectivity index (χ4v) is 1.80. The minimum atomic E-state index is 0.904. The average molecular weight is 208 g/mol. The predicted molar refractivity (Wildman–Crippen MR) is 65.8 cm³/mol. The summed E-state index contributed by atoms with van der Waals surface area (Å²) in [4.78, 5) is 0. The number of unbranched alkanes of at least 4 members (excludes halogenated alkanes) is 6. The topological polar surface area (TPSA) is 9.23 Å². The molecular formula is C14H24O. The fraction of sp³-hybridized carbons (Fsp3) is 0.714. The van der Waals surface area contributed by atoms with Crippen LogP contribution < -0.4 is 0 Å². The average Bonchev–Trinajstić information content (AvgIpc) is 2.75. The zero-order valence-electron chi connectivity index (χ0n) is 10.0. The van der Waals surface area contributed by atoms with E-state index in [1.165, 1.54) is 44.9 Å². The summed E-state index contributed by atoms with van der Waals surface area (Å²) in [6, 6.07) is 0. The van der Waals surface area contributed by atoms with Crippen molar-refractivity contribution in [3.8, 4) is 0 Å². The summed E-state index contributed by atoms with van der Waals surface area (Å²) in [5.74, 6) is 1.14. The molecule has 0 spiro atoms. The SMILES string of the molecule is CCCCCCCCCOC1=CC=CC1. The lowest BCUT2D eigenvalue weighted by atomic mass is 10.1. The van der Waals surface area contributed by atoms with Crippen molar-refractivity contribution in [2.45, 2.75) is 58.3 Å². The van der Waals surface area contributed by atoms with E-state index >= 15 is 0 Å². The van der Waals surface area contributed by atoms with E-state index in [4.69, 9.17) is 4.74 Å². The molecule has 0 aromatic heterocycles. The van der Waals surface area contributed by atoms with Crippen LogP contribution in [-0.2, 0) is 4.74 Å². The molecule has 0 heterocycles. The molecule has 0 N–H and O–H groups in total. The maximum Gasteiger partial charge on any atom is 0.0997 e. The molecule has 0 saturated carbocycles. The molecule has 0 unspecified atom stereocenters. The molecule has 0 bridgehead atoms. The Kier molecular flexibility index (Phi) is 7.06. The lowest BCUT2D eigenvalue weighted by molar-refractivity contribution is 0.202. The van der Waals surface area contributed by atoms with E-state index in [1.807, 2.05) is 0 Å². The molecule has 0 saturated heterocycles. The number of ether oxygens (including phenoxy) is 1. The van der Waals surface area contributed by atoms with E-state index in [-0.39, 0.29) is 0 Å². The highest BCUT2D eigenvalue weighted by Gasteiger charge is 1.99. The van der Waals surface area contributed by atoms with Gasteiger partial charge in [0.2, 0.25) is 0 Å². The van der Waals surface area contributed by atoms with Gasteiger partial charge in [-0.2, -0.15) is 0 Å². The summed E-state index contributed by atoms with van der Waals surface area (Å²) in [5, 5.41) is 0. The Bertz CT molecular complexity index is 203. The molecule has 0 aromatic carbocycles. The fourth-order valence-electron chi connectivity index (χ4n) is 1.80. The Morgan fingerprint density at radius 3 is 2.47 bits per heavy atom. The van der Waals surface area contributed by atoms with Crippen molar-refractivity contribution in [3.63, 3.8) is 0 Å². The van der Waals surface area contributed by atoms with Gasteiger partial charge in [0, 0.05) is 6.42 Å². The maximum atomic E-state index is 5.63. The molecule has 86 valence electrons. The van der Waals surface area contributed by atoms with Crippen molar-refractivity contribution < 1.29 is 4.74 Å². The summed E-state index contributed by atoms with van der Waals surface area (Å²) in [7, 11) is 0. The van der Waals surface area contributed by atoms with E-state index in [1.54, 1.807) is 0 Å². The van der Waals surface area contributed by atoms with Crippen LogP contribution >= 0.6 is 0 Å². The van der Waals surface area contributed by atoms with Gasteiger partial charge in [0.25, 0.3) is 0 Å². The third kappa shape index (κ3) is 6.38. The quantitative estimate of drug-likeness (QED) is 0.503. The second kappa shape index (κ2) is 8.58. The van der Waals surface area contributed by atoms with Crippen molar-refractivity contribution in [3.05, 3.63) is 24.0 Å². The van der Waals surface area contributed by atoms with Crippen LogP contribution in [0, 0.1) is 0 Å². The van der Waals surface area contributed by atoms with Gasteiger partial charge in [-0.25, -0.2) is 0 Å². The summed E-state index contributed by atoms with van der Waals surface area (Å²) in [5.41, 5.74) is 0. The Hall–Kier alpha value is -0.720. The van der Waals surface area contributed by atoms with Crippen LogP contribution in [0.5, 0.6) is 0 Å². The molecule has 0 radical (unpaired) electrons. The molecule has 1 rings (SSSR count). The minimum absolute atomic E-state index is 0.904. The van der Waals surface area contributed by atoms with E-state index in [0.717, 1.165) is 18.8 Å². The van der Waals surface area contributed by atoms with E-state index in [0.29, 0.717) is 0 Å². The minimum Gasteiger partial charge on any atom is -0.498 e. The lowest BCUT2D eigenvalue weighted by Crippen LogP contribution is -1.93. The van der Waals surface area contributed by atoms with Crippen molar-refractivity contribution in [1.29, 1.82) is 0 Å². The Balaban J connectivity index is 1.77. The predicted octanol–water partition coefficient (Wildman–Crippen LogP) is 4.60. The molecule has 1 heteroatoms. The zero-order chi connectivity index (χ0) is 10.8. The molecule has 0 fully saturated rings. The van der Waals surface area contributed by atoms with Gasteiger partial charge in [-0.15, -0.1) is 0 Å². The monoisotopic (exact) mass is 208 g/mol. The highest BCUT2D eigenvalue weighted by Crippen LogP contribution is 2.13. The van der Waals surface area contributed by atoms with E-state index < -0.39 is 0 Å². The lowest BCUT2D eigenvalue weighted by Gasteiger charge is -2.06. The van der Waals surface area contributed by atoms with E-state index in [9.17, 15) is 0 Å². The first-order valence-corrected chi connectivity index (χ1v) is 6.42. The van der Waals surface area contributed by atoms with Crippen LogP contribution in [0.25, 0.3) is 0 Å². The summed E-state index contributed by atoms with van der Waals surface area (Å²) in [6.45, 7) is 3.17. The van der Waals surface area contributed by atoms with Gasteiger partial charge in [0.05, 0.1) is 12.4 Å². The van der Waals surface area contributed by atoms with Crippen molar-refractivity contribution >= 4 is 0 Å². The third-order valence-electron chi connectivity index (χ3n) is 2.77. The first kappa shape index (κ1) is 12.4. The Labute approximate surface area is 94.2 Å². The van der Waals surface area contributed by atoms with Crippen LogP contribution in [0.1, 0.15) is 58.3 Å². The van der Waals surface area contributed by atoms with Crippen LogP contribution in [-0.4, -0.2) is 6.61 Å². The zero-order valence-corrected chi connectivity index (χ0v) is 10.0. The first-order valence-electron chi connectivity index (χ1n) is 6.42. The van der Waals surface area contributed by atoms with Gasteiger partial charge in [0.15, 0.2) is 0 Å². The smallest absolute Gasteiger partial charge is 0.0997 e. The summed E-state index contributed by atoms with van der Waals surface area (Å²) >= 11 is 0. The normalized spacial score (nSPS) is 14.3. The number of rotatable bonds is 9. The van der Waals surface area contributed by atoms with Crippen molar-refractivity contribution in [2.24, 2.45) is 0 Å². The van der Waals surface area contributed by atoms with Gasteiger partial charge in [0.1, 0.15) is 0 Å². The molecule has 0 atom stereocenters. The van der Waals surface area contributed by atoms with Crippen molar-refractivity contribution in [2.75, 3.05) is 6.61 Å². The Morgan fingerprint density at radius 1 is 1.07 bits per heavy atom. The number of hydrogen-bond acceptors (Lipinski definition) is 1. The largest absolute Gasteiger partial charge is 0.498 e. The van der Waals surface area contributed by atoms with Crippen LogP contribution in [0.15, 0.2) is 24.0 Å². The molecule has 1 nitrogen and oxygen atoms in total. The van der Waals surface area contributed by atoms with E-state index in [2.05, 4.69) is 25.2 Å². The number of hydrogen-bond donors (Lipinski definition) is 0. The van der Waals surface area contributed by atoms with Crippen molar-refractivity contribution in [1.82, 2.24) is 0 Å². The molecule has 1 aliphatic rings. The van der Waals surface area contributed by atoms with Gasteiger partial charge in [-0.05, 0) is 12.5 Å². The molecule has 0 aromatic rings. The van der Waals surface area contributed by atoms with Gasteiger partial charge >= 0.3 is 0 Å². The van der Waals surface area contributed by atoms with Crippen LogP contribution in [0.3, 0.4) is 0 Å². The van der Waals surface area contributed by atoms with Gasteiger partial charge < -0.3 is 4.74 Å². The number of allylic oxidation sites excluding steroid dienone is 3. The van der Waals surface area contributed by atoms with Crippen LogP contribution in [0.4, 0.5) is 0 Å². The third-order valence-corrected chi connectivity index (χ3v) is 2.77. The highest BCUT2D eigenvalue weighted by molar-refractivity contribution is 5.18. The summed E-state index contributed by atoms with van der Waals surface area (Å²) in [6.07, 6.45) is 16.7. The second-order valence-corrected chi connectivity index (χ2v) is 4.24. The Morgan fingerprint density at radius 2 is 1.80 bits per heavy atom. The molecule has 0 aliphatic heterocycles. The highest BCUT2D eigenvalue weighted by atomic mass is 16.5. The van der Waals surface area contributed by atoms with Gasteiger partial charge in [-0.1, -0.05) is 57.6 Å². The maximum absolute atomic E-state index is 5.63.